The van der Waals surface area contributed by atoms with E-state index < -0.39 is 0 Å². The lowest BCUT2D eigenvalue weighted by atomic mass is 10.2. The fourth-order valence-electron chi connectivity index (χ4n) is 2.01. The highest BCUT2D eigenvalue weighted by atomic mass is 35.5. The maximum atomic E-state index is 11.9. The number of halogens is 1. The van der Waals surface area contributed by atoms with Gasteiger partial charge in [0.15, 0.2) is 0 Å². The van der Waals surface area contributed by atoms with Crippen LogP contribution in [0.3, 0.4) is 0 Å². The summed E-state index contributed by atoms with van der Waals surface area (Å²) in [5.74, 6) is 0.00611. The largest absolute Gasteiger partial charge is 0.350 e. The summed E-state index contributed by atoms with van der Waals surface area (Å²) in [7, 11) is 0. The van der Waals surface area contributed by atoms with Crippen LogP contribution in [0.1, 0.15) is 28.8 Å². The molecule has 1 amide bonds. The van der Waals surface area contributed by atoms with Crippen LogP contribution in [0.25, 0.3) is 0 Å². The number of nitrogens with one attached hydrogen (secondary N) is 1. The summed E-state index contributed by atoms with van der Waals surface area (Å²) in [6, 6.07) is 2.04. The Balaban J connectivity index is 1.86. The fraction of sp³-hybridized carbons (Fsp3) is 0.429. The second-order valence-electron chi connectivity index (χ2n) is 5.15. The average Bonchev–Trinajstić information content (AvgIpc) is 2.75. The number of amides is 1. The van der Waals surface area contributed by atoms with E-state index in [-0.39, 0.29) is 22.7 Å². The maximum Gasteiger partial charge on any atom is 0.271 e. The number of rotatable bonds is 5. The van der Waals surface area contributed by atoms with E-state index in [4.69, 9.17) is 11.6 Å². The Bertz CT molecular complexity index is 623. The van der Waals surface area contributed by atoms with Gasteiger partial charge in [-0.05, 0) is 25.8 Å². The molecule has 0 aliphatic heterocycles. The lowest BCUT2D eigenvalue weighted by molar-refractivity contribution is 0.0941. The highest BCUT2D eigenvalue weighted by molar-refractivity contribution is 6.29. The molecule has 0 saturated carbocycles. The van der Waals surface area contributed by atoms with Crippen LogP contribution in [0.5, 0.6) is 0 Å². The molecule has 2 aromatic heterocycles. The van der Waals surface area contributed by atoms with Gasteiger partial charge in [0.05, 0.1) is 18.1 Å². The Morgan fingerprint density at radius 2 is 2.14 bits per heavy atom. The van der Waals surface area contributed by atoms with Crippen molar-refractivity contribution in [2.45, 2.75) is 27.3 Å². The smallest absolute Gasteiger partial charge is 0.271 e. The third-order valence-corrected chi connectivity index (χ3v) is 3.25. The zero-order valence-corrected chi connectivity index (χ0v) is 13.1. The standard InChI is InChI=1S/C14H18ClN5O/c1-9(8-20-11(3)4-10(2)19-20)5-18-14(21)12-6-17-13(15)7-16-12/h4,6-7,9H,5,8H2,1-3H3,(H,18,21). The van der Waals surface area contributed by atoms with Gasteiger partial charge < -0.3 is 5.32 Å². The van der Waals surface area contributed by atoms with E-state index in [9.17, 15) is 4.79 Å². The molecule has 0 aliphatic rings. The maximum absolute atomic E-state index is 11.9. The summed E-state index contributed by atoms with van der Waals surface area (Å²) in [5.41, 5.74) is 2.38. The predicted octanol–water partition coefficient (Wildman–Crippen LogP) is 2.01. The second kappa shape index (κ2) is 6.67. The first-order valence-corrected chi connectivity index (χ1v) is 7.10. The van der Waals surface area contributed by atoms with Crippen molar-refractivity contribution >= 4 is 17.5 Å². The zero-order chi connectivity index (χ0) is 15.4. The van der Waals surface area contributed by atoms with E-state index in [0.717, 1.165) is 17.9 Å². The molecule has 1 atom stereocenters. The minimum absolute atomic E-state index is 0.251. The van der Waals surface area contributed by atoms with E-state index in [1.807, 2.05) is 24.6 Å². The van der Waals surface area contributed by atoms with Crippen LogP contribution in [0.15, 0.2) is 18.5 Å². The third-order valence-electron chi connectivity index (χ3n) is 3.05. The molecule has 6 nitrogen and oxygen atoms in total. The number of carbonyl (C=O) groups excluding carboxylic acids is 1. The molecular formula is C14H18ClN5O. The van der Waals surface area contributed by atoms with E-state index in [1.54, 1.807) is 0 Å². The normalized spacial score (nSPS) is 12.2. The molecule has 2 rings (SSSR count). The first-order chi connectivity index (χ1) is 9.95. The molecule has 7 heteroatoms. The molecular weight excluding hydrogens is 290 g/mol. The molecule has 0 spiro atoms. The van der Waals surface area contributed by atoms with Crippen molar-refractivity contribution in [2.24, 2.45) is 5.92 Å². The van der Waals surface area contributed by atoms with Crippen molar-refractivity contribution in [1.82, 2.24) is 25.1 Å². The number of hydrogen-bond acceptors (Lipinski definition) is 4. The minimum Gasteiger partial charge on any atom is -0.350 e. The summed E-state index contributed by atoms with van der Waals surface area (Å²) in [6.07, 6.45) is 2.72. The van der Waals surface area contributed by atoms with Crippen molar-refractivity contribution in [3.63, 3.8) is 0 Å². The van der Waals surface area contributed by atoms with Crippen LogP contribution < -0.4 is 5.32 Å². The first-order valence-electron chi connectivity index (χ1n) is 6.72. The van der Waals surface area contributed by atoms with Gasteiger partial charge >= 0.3 is 0 Å². The van der Waals surface area contributed by atoms with Gasteiger partial charge in [-0.15, -0.1) is 0 Å². The van der Waals surface area contributed by atoms with Crippen LogP contribution in [-0.2, 0) is 6.54 Å². The Morgan fingerprint density at radius 3 is 2.71 bits per heavy atom. The molecule has 0 aliphatic carbocycles. The highest BCUT2D eigenvalue weighted by Gasteiger charge is 2.11. The average molecular weight is 308 g/mol. The molecule has 21 heavy (non-hydrogen) atoms. The minimum atomic E-state index is -0.251. The molecule has 1 N–H and O–H groups in total. The Labute approximate surface area is 128 Å². The van der Waals surface area contributed by atoms with Gasteiger partial charge in [0.2, 0.25) is 0 Å². The van der Waals surface area contributed by atoms with Crippen LogP contribution in [-0.4, -0.2) is 32.2 Å². The van der Waals surface area contributed by atoms with Crippen molar-refractivity contribution in [3.05, 3.63) is 40.7 Å². The summed E-state index contributed by atoms with van der Waals surface area (Å²) < 4.78 is 1.95. The fourth-order valence-corrected chi connectivity index (χ4v) is 2.10. The molecule has 0 aromatic carbocycles. The molecule has 0 fully saturated rings. The zero-order valence-electron chi connectivity index (χ0n) is 12.3. The van der Waals surface area contributed by atoms with Crippen LogP contribution in [0.2, 0.25) is 5.15 Å². The van der Waals surface area contributed by atoms with E-state index >= 15 is 0 Å². The van der Waals surface area contributed by atoms with Gasteiger partial charge in [-0.25, -0.2) is 9.97 Å². The van der Waals surface area contributed by atoms with E-state index in [0.29, 0.717) is 6.54 Å². The monoisotopic (exact) mass is 307 g/mol. The summed E-state index contributed by atoms with van der Waals surface area (Å²) in [6.45, 7) is 7.35. The number of aromatic nitrogens is 4. The molecule has 0 radical (unpaired) electrons. The summed E-state index contributed by atoms with van der Waals surface area (Å²) in [4.78, 5) is 19.7. The lowest BCUT2D eigenvalue weighted by Gasteiger charge is -2.13. The topological polar surface area (TPSA) is 72.7 Å². The van der Waals surface area contributed by atoms with Crippen molar-refractivity contribution in [1.29, 1.82) is 0 Å². The number of hydrogen-bond donors (Lipinski definition) is 1. The SMILES string of the molecule is Cc1cc(C)n(CC(C)CNC(=O)c2cnc(Cl)cn2)n1. The Hall–Kier alpha value is -1.95. The van der Waals surface area contributed by atoms with Crippen LogP contribution >= 0.6 is 11.6 Å². The molecule has 0 bridgehead atoms. The van der Waals surface area contributed by atoms with Gasteiger partial charge in [0.25, 0.3) is 5.91 Å². The van der Waals surface area contributed by atoms with Gasteiger partial charge in [-0.2, -0.15) is 5.10 Å². The summed E-state index contributed by atoms with van der Waals surface area (Å²) in [5, 5.41) is 7.52. The van der Waals surface area contributed by atoms with Crippen molar-refractivity contribution in [3.8, 4) is 0 Å². The van der Waals surface area contributed by atoms with Crippen molar-refractivity contribution < 1.29 is 4.79 Å². The van der Waals surface area contributed by atoms with E-state index in [1.165, 1.54) is 12.4 Å². The van der Waals surface area contributed by atoms with Crippen LogP contribution in [0.4, 0.5) is 0 Å². The molecule has 2 aromatic rings. The molecule has 1 unspecified atom stereocenters. The molecule has 112 valence electrons. The number of carbonyl (C=O) groups is 1. The second-order valence-corrected chi connectivity index (χ2v) is 5.54. The highest BCUT2D eigenvalue weighted by Crippen LogP contribution is 2.06. The quantitative estimate of drug-likeness (QED) is 0.917. The molecule has 2 heterocycles. The van der Waals surface area contributed by atoms with Gasteiger partial charge in [0, 0.05) is 18.8 Å². The number of aryl methyl sites for hydroxylation is 2. The lowest BCUT2D eigenvalue weighted by Crippen LogP contribution is -2.31. The van der Waals surface area contributed by atoms with Crippen molar-refractivity contribution in [2.75, 3.05) is 6.54 Å². The van der Waals surface area contributed by atoms with Gasteiger partial charge in [-0.3, -0.25) is 9.48 Å². The Morgan fingerprint density at radius 1 is 1.38 bits per heavy atom. The van der Waals surface area contributed by atoms with Gasteiger partial charge in [-0.1, -0.05) is 18.5 Å². The molecule has 0 saturated heterocycles. The number of nitrogens with zero attached hydrogens (tertiary/aromatic N) is 4. The Kier molecular flexibility index (Phi) is 4.90. The van der Waals surface area contributed by atoms with E-state index in [2.05, 4.69) is 27.3 Å². The van der Waals surface area contributed by atoms with Gasteiger partial charge in [0.1, 0.15) is 10.8 Å². The third kappa shape index (κ3) is 4.26. The predicted molar refractivity (Wildman–Crippen MR) is 80.2 cm³/mol. The summed E-state index contributed by atoms with van der Waals surface area (Å²) >= 11 is 5.64. The first kappa shape index (κ1) is 15.4. The van der Waals surface area contributed by atoms with Crippen LogP contribution in [0, 0.1) is 19.8 Å².